The molecule has 1 aromatic heterocycles. The number of esters is 1. The first-order chi connectivity index (χ1) is 19.4. The largest absolute Gasteiger partial charge is 0.461 e. The number of benzene rings is 3. The number of imidazole rings is 1. The zero-order chi connectivity index (χ0) is 28.1. The quantitative estimate of drug-likeness (QED) is 0.254. The average molecular weight is 559 g/mol. The summed E-state index contributed by atoms with van der Waals surface area (Å²) in [4.78, 5) is 48.5. The van der Waals surface area contributed by atoms with Crippen LogP contribution in [0.25, 0.3) is 11.0 Å². The van der Waals surface area contributed by atoms with Crippen LogP contribution in [-0.2, 0) is 16.1 Å². The molecule has 0 saturated carbocycles. The summed E-state index contributed by atoms with van der Waals surface area (Å²) in [6.07, 6.45) is 2.39. The molecule has 2 heterocycles. The summed E-state index contributed by atoms with van der Waals surface area (Å²) in [5, 5.41) is 3.58. The second kappa shape index (κ2) is 12.3. The van der Waals surface area contributed by atoms with E-state index in [1.807, 2.05) is 42.2 Å². The predicted molar refractivity (Wildman–Crippen MR) is 153 cm³/mol. The fraction of sp³-hybridized carbons (Fsp3) is 0.290. The first-order valence-corrected chi connectivity index (χ1v) is 13.8. The van der Waals surface area contributed by atoms with E-state index in [0.29, 0.717) is 27.5 Å². The molecule has 1 aliphatic heterocycles. The van der Waals surface area contributed by atoms with E-state index in [0.717, 1.165) is 42.6 Å². The highest BCUT2D eigenvalue weighted by Crippen LogP contribution is 2.24. The third kappa shape index (κ3) is 6.51. The van der Waals surface area contributed by atoms with Crippen molar-refractivity contribution in [3.8, 4) is 0 Å². The zero-order valence-electron chi connectivity index (χ0n) is 22.3. The molecule has 0 radical (unpaired) electrons. The maximum atomic E-state index is 13.4. The minimum atomic E-state index is -0.589. The highest BCUT2D eigenvalue weighted by molar-refractivity contribution is 6.31. The number of nitrogens with one attached hydrogen (secondary N) is 2. The number of aromatic nitrogens is 2. The van der Waals surface area contributed by atoms with Crippen LogP contribution in [0.4, 0.5) is 0 Å². The highest BCUT2D eigenvalue weighted by atomic mass is 35.5. The molecule has 1 saturated heterocycles. The Morgan fingerprint density at radius 1 is 1.05 bits per heavy atom. The number of H-pyrrole nitrogens is 1. The molecule has 0 spiro atoms. The summed E-state index contributed by atoms with van der Waals surface area (Å²) < 4.78 is 5.44. The summed E-state index contributed by atoms with van der Waals surface area (Å²) in [5.41, 5.74) is 4.09. The number of aromatic amines is 1. The van der Waals surface area contributed by atoms with Crippen molar-refractivity contribution in [2.24, 2.45) is 0 Å². The molecule has 2 N–H and O–H groups in total. The molecule has 1 aliphatic rings. The molecule has 206 valence electrons. The molecule has 5 rings (SSSR count). The predicted octanol–water partition coefficient (Wildman–Crippen LogP) is 5.76. The number of halogens is 1. The minimum absolute atomic E-state index is 0.00483. The number of aryl methyl sites for hydroxylation is 1. The van der Waals surface area contributed by atoms with Crippen molar-refractivity contribution in [3.05, 3.63) is 99.8 Å². The van der Waals surface area contributed by atoms with Crippen molar-refractivity contribution in [1.29, 1.82) is 0 Å². The molecule has 3 aromatic carbocycles. The van der Waals surface area contributed by atoms with E-state index < -0.39 is 6.04 Å². The molecule has 1 unspecified atom stereocenters. The van der Waals surface area contributed by atoms with Crippen molar-refractivity contribution in [2.75, 3.05) is 13.1 Å². The number of carbonyl (C=O) groups is 3. The number of rotatable bonds is 9. The Bertz CT molecular complexity index is 1530. The van der Waals surface area contributed by atoms with Crippen LogP contribution in [0, 0.1) is 6.92 Å². The first-order valence-electron chi connectivity index (χ1n) is 13.4. The molecule has 8 nitrogen and oxygen atoms in total. The van der Waals surface area contributed by atoms with Gasteiger partial charge in [0.05, 0.1) is 17.1 Å². The Morgan fingerprint density at radius 3 is 2.58 bits per heavy atom. The molecule has 2 amide bonds. The number of carbonyl (C=O) groups excluding carboxylic acids is 3. The Kier molecular flexibility index (Phi) is 8.45. The number of amides is 2. The van der Waals surface area contributed by atoms with Crippen molar-refractivity contribution >= 4 is 40.4 Å². The van der Waals surface area contributed by atoms with Crippen LogP contribution in [0.1, 0.15) is 69.4 Å². The fourth-order valence-electron chi connectivity index (χ4n) is 4.89. The minimum Gasteiger partial charge on any atom is -0.461 e. The van der Waals surface area contributed by atoms with Crippen LogP contribution in [0.3, 0.4) is 0 Å². The third-order valence-corrected chi connectivity index (χ3v) is 7.32. The maximum absolute atomic E-state index is 13.4. The van der Waals surface area contributed by atoms with E-state index in [1.54, 1.807) is 36.4 Å². The maximum Gasteiger partial charge on any atom is 0.306 e. The van der Waals surface area contributed by atoms with E-state index >= 15 is 0 Å². The van der Waals surface area contributed by atoms with Gasteiger partial charge in [-0.1, -0.05) is 41.9 Å². The van der Waals surface area contributed by atoms with Gasteiger partial charge in [-0.3, -0.25) is 14.4 Å². The first kappa shape index (κ1) is 27.4. The lowest BCUT2D eigenvalue weighted by molar-refractivity contribution is -0.145. The van der Waals surface area contributed by atoms with Gasteiger partial charge in [0.15, 0.2) is 0 Å². The summed E-state index contributed by atoms with van der Waals surface area (Å²) in [6.45, 7) is 3.54. The highest BCUT2D eigenvalue weighted by Gasteiger charge is 2.24. The number of ether oxygens (including phenoxy) is 1. The third-order valence-electron chi connectivity index (χ3n) is 7.09. The molecule has 40 heavy (non-hydrogen) atoms. The standard InChI is InChI=1S/C31H31ClN4O4/c1-20-17-22(9-11-24(20)31(39)36-15-5-6-16-36)30(38)35-26(29-33-25-12-10-23(32)18-27(25)34-29)13-14-28(37)40-19-21-7-3-2-4-8-21/h2-4,7-12,17-18,26H,5-6,13-16,19H2,1H3,(H,33,34)(H,35,38). The van der Waals surface area contributed by atoms with Crippen molar-refractivity contribution in [2.45, 2.75) is 45.3 Å². The molecule has 0 bridgehead atoms. The topological polar surface area (TPSA) is 104 Å². The monoisotopic (exact) mass is 558 g/mol. The Balaban J connectivity index is 1.31. The van der Waals surface area contributed by atoms with Crippen LogP contribution in [0.5, 0.6) is 0 Å². The summed E-state index contributed by atoms with van der Waals surface area (Å²) in [7, 11) is 0. The van der Waals surface area contributed by atoms with Gasteiger partial charge in [-0.25, -0.2) is 4.98 Å². The molecule has 9 heteroatoms. The van der Waals surface area contributed by atoms with E-state index in [2.05, 4.69) is 15.3 Å². The SMILES string of the molecule is Cc1cc(C(=O)NC(CCC(=O)OCc2ccccc2)c2nc3ccc(Cl)cc3[nH]2)ccc1C(=O)N1CCCC1. The number of fused-ring (bicyclic) bond motifs is 1. The van der Waals surface area contributed by atoms with E-state index in [4.69, 9.17) is 16.3 Å². The van der Waals surface area contributed by atoms with Gasteiger partial charge in [0.2, 0.25) is 0 Å². The van der Waals surface area contributed by atoms with Gasteiger partial charge in [-0.2, -0.15) is 0 Å². The average Bonchev–Trinajstić information content (AvgIpc) is 3.64. The Morgan fingerprint density at radius 2 is 1.82 bits per heavy atom. The normalized spacial score (nSPS) is 13.8. The number of nitrogens with zero attached hydrogens (tertiary/aromatic N) is 2. The molecule has 4 aromatic rings. The van der Waals surface area contributed by atoms with Gasteiger partial charge in [-0.15, -0.1) is 0 Å². The number of hydrogen-bond acceptors (Lipinski definition) is 5. The lowest BCUT2D eigenvalue weighted by Gasteiger charge is -2.19. The van der Waals surface area contributed by atoms with Gasteiger partial charge >= 0.3 is 5.97 Å². The van der Waals surface area contributed by atoms with Gasteiger partial charge in [0.1, 0.15) is 12.4 Å². The van der Waals surface area contributed by atoms with Crippen molar-refractivity contribution < 1.29 is 19.1 Å². The van der Waals surface area contributed by atoms with Crippen LogP contribution in [0.15, 0.2) is 66.7 Å². The molecule has 1 fully saturated rings. The lowest BCUT2D eigenvalue weighted by Crippen LogP contribution is -2.31. The van der Waals surface area contributed by atoms with Gasteiger partial charge in [0.25, 0.3) is 11.8 Å². The molecule has 0 aliphatic carbocycles. The molecular weight excluding hydrogens is 528 g/mol. The second-order valence-electron chi connectivity index (χ2n) is 10.0. The smallest absolute Gasteiger partial charge is 0.306 e. The Hall–Kier alpha value is -4.17. The van der Waals surface area contributed by atoms with Crippen molar-refractivity contribution in [1.82, 2.24) is 20.2 Å². The molecule has 1 atom stereocenters. The second-order valence-corrected chi connectivity index (χ2v) is 10.5. The molecular formula is C31H31ClN4O4. The summed E-state index contributed by atoms with van der Waals surface area (Å²) in [5.74, 6) is -0.193. The lowest BCUT2D eigenvalue weighted by atomic mass is 10.0. The van der Waals surface area contributed by atoms with E-state index in [9.17, 15) is 14.4 Å². The fourth-order valence-corrected chi connectivity index (χ4v) is 5.07. The van der Waals surface area contributed by atoms with Crippen LogP contribution in [0.2, 0.25) is 5.02 Å². The summed E-state index contributed by atoms with van der Waals surface area (Å²) in [6, 6.07) is 19.3. The van der Waals surface area contributed by atoms with E-state index in [1.165, 1.54) is 0 Å². The van der Waals surface area contributed by atoms with Crippen molar-refractivity contribution in [3.63, 3.8) is 0 Å². The van der Waals surface area contributed by atoms with Crippen LogP contribution >= 0.6 is 11.6 Å². The number of hydrogen-bond donors (Lipinski definition) is 2. The Labute approximate surface area is 237 Å². The van der Waals surface area contributed by atoms with Crippen LogP contribution in [-0.4, -0.2) is 45.7 Å². The van der Waals surface area contributed by atoms with Gasteiger partial charge in [-0.05, 0) is 73.7 Å². The van der Waals surface area contributed by atoms with E-state index in [-0.39, 0.29) is 37.2 Å². The van der Waals surface area contributed by atoms with Crippen LogP contribution < -0.4 is 5.32 Å². The van der Waals surface area contributed by atoms with Gasteiger partial charge in [0, 0.05) is 35.7 Å². The summed E-state index contributed by atoms with van der Waals surface area (Å²) >= 11 is 6.15. The number of likely N-dealkylation sites (tertiary alicyclic amines) is 1. The zero-order valence-corrected chi connectivity index (χ0v) is 23.0. The van der Waals surface area contributed by atoms with Gasteiger partial charge < -0.3 is 19.9 Å².